The van der Waals surface area contributed by atoms with E-state index in [0.717, 1.165) is 6.07 Å². The minimum Gasteiger partial charge on any atom is -0.266 e. The number of carbonyl (C=O) groups excluding carboxylic acids is 1. The van der Waals surface area contributed by atoms with Crippen LogP contribution in [0.15, 0.2) is 47.4 Å². The van der Waals surface area contributed by atoms with Gasteiger partial charge in [0.25, 0.3) is 15.9 Å². The highest BCUT2D eigenvalue weighted by atomic mass is 32.2. The Morgan fingerprint density at radius 2 is 1.42 bits per heavy atom. The molecule has 3 rings (SSSR count). The summed E-state index contributed by atoms with van der Waals surface area (Å²) in [5, 5.41) is 5.82. The van der Waals surface area contributed by atoms with Gasteiger partial charge < -0.3 is 0 Å². The minimum absolute atomic E-state index is 0.357. The summed E-state index contributed by atoms with van der Waals surface area (Å²) in [5.74, 6) is -4.98. The fourth-order valence-corrected chi connectivity index (χ4v) is 3.54. The zero-order chi connectivity index (χ0) is 24.8. The van der Waals surface area contributed by atoms with Crippen LogP contribution < -0.4 is 4.72 Å². The summed E-state index contributed by atoms with van der Waals surface area (Å²) >= 11 is 0. The van der Waals surface area contributed by atoms with E-state index in [1.807, 2.05) is 0 Å². The van der Waals surface area contributed by atoms with Gasteiger partial charge in [-0.2, -0.15) is 26.3 Å². The molecule has 33 heavy (non-hydrogen) atoms. The van der Waals surface area contributed by atoms with Crippen molar-refractivity contribution in [1.82, 2.24) is 19.7 Å². The van der Waals surface area contributed by atoms with Crippen molar-refractivity contribution >= 4 is 15.9 Å². The number of sulfonamides is 1. The number of nitrogens with one attached hydrogen (secondary N) is 1. The first-order valence-corrected chi connectivity index (χ1v) is 9.83. The second kappa shape index (κ2) is 8.09. The van der Waals surface area contributed by atoms with E-state index < -0.39 is 67.5 Å². The van der Waals surface area contributed by atoms with E-state index in [4.69, 9.17) is 0 Å². The topological polar surface area (TPSA) is 93.9 Å². The molecule has 2 aromatic carbocycles. The molecule has 3 aromatic rings. The smallest absolute Gasteiger partial charge is 0.266 e. The molecule has 0 atom stereocenters. The number of carbonyl (C=O) groups is 1. The molecule has 0 radical (unpaired) electrons. The molecule has 16 heteroatoms. The van der Waals surface area contributed by atoms with Gasteiger partial charge in [0.15, 0.2) is 23.0 Å². The average molecular weight is 500 g/mol. The fourth-order valence-electron chi connectivity index (χ4n) is 2.59. The Labute approximate surface area is 178 Å². The number of halogens is 8. The molecule has 0 saturated heterocycles. The van der Waals surface area contributed by atoms with Gasteiger partial charge in [-0.3, -0.25) is 4.79 Å². The van der Waals surface area contributed by atoms with E-state index in [1.54, 1.807) is 0 Å². The molecule has 0 bridgehead atoms. The third kappa shape index (κ3) is 4.79. The maximum atomic E-state index is 14.0. The summed E-state index contributed by atoms with van der Waals surface area (Å²) in [5.41, 5.74) is -6.30. The van der Waals surface area contributed by atoms with Crippen molar-refractivity contribution in [3.8, 4) is 5.69 Å². The molecular formula is C17H8F8N4O3S. The number of hydrogen-bond acceptors (Lipinski definition) is 5. The number of aromatic nitrogens is 3. The molecule has 0 unspecified atom stereocenters. The van der Waals surface area contributed by atoms with Crippen LogP contribution in [0.4, 0.5) is 35.1 Å². The number of nitrogens with zero attached hydrogens (tertiary/aromatic N) is 3. The van der Waals surface area contributed by atoms with Crippen molar-refractivity contribution in [1.29, 1.82) is 0 Å². The summed E-state index contributed by atoms with van der Waals surface area (Å²) in [6, 6.07) is 3.74. The number of para-hydroxylation sites is 1. The molecule has 7 nitrogen and oxygen atoms in total. The first kappa shape index (κ1) is 24.1. The van der Waals surface area contributed by atoms with Gasteiger partial charge in [-0.25, -0.2) is 26.6 Å². The van der Waals surface area contributed by atoms with Crippen molar-refractivity contribution < 1.29 is 48.3 Å². The molecular weight excluding hydrogens is 492 g/mol. The standard InChI is InChI=1S/C17H8F8N4O3S/c18-10-2-1-3-11(19)13(10)29-14(17(23,24)25)12(26-28-29)15(30)27-33(31,32)9-6-4-8(5-7-9)16(20,21)22/h1-7H,(H,27,30). The molecule has 1 N–H and O–H groups in total. The number of hydrogen-bond donors (Lipinski definition) is 1. The Hall–Kier alpha value is -3.56. The monoisotopic (exact) mass is 500 g/mol. The highest BCUT2D eigenvalue weighted by Gasteiger charge is 2.43. The Balaban J connectivity index is 2.02. The van der Waals surface area contributed by atoms with E-state index in [0.29, 0.717) is 36.4 Å². The normalized spacial score (nSPS) is 12.6. The average Bonchev–Trinajstić information content (AvgIpc) is 3.12. The molecule has 1 amide bonds. The molecule has 0 aliphatic heterocycles. The lowest BCUT2D eigenvalue weighted by atomic mass is 10.2. The Bertz CT molecular complexity index is 1300. The van der Waals surface area contributed by atoms with Crippen LogP contribution in [0.5, 0.6) is 0 Å². The third-order valence-electron chi connectivity index (χ3n) is 4.02. The van der Waals surface area contributed by atoms with E-state index in [9.17, 15) is 48.3 Å². The first-order chi connectivity index (χ1) is 15.1. The van der Waals surface area contributed by atoms with Gasteiger partial charge >= 0.3 is 12.4 Å². The van der Waals surface area contributed by atoms with Gasteiger partial charge in [0.05, 0.1) is 10.5 Å². The molecule has 1 heterocycles. The van der Waals surface area contributed by atoms with Crippen LogP contribution in [-0.4, -0.2) is 29.3 Å². The SMILES string of the molecule is O=C(NS(=O)(=O)c1ccc(C(F)(F)F)cc1)c1nnn(-c2c(F)cccc2F)c1C(F)(F)F. The van der Waals surface area contributed by atoms with Crippen molar-refractivity contribution in [3.05, 3.63) is 71.1 Å². The maximum Gasteiger partial charge on any atom is 0.435 e. The molecule has 176 valence electrons. The fraction of sp³-hybridized carbons (Fsp3) is 0.118. The van der Waals surface area contributed by atoms with Crippen LogP contribution in [0.25, 0.3) is 5.69 Å². The summed E-state index contributed by atoms with van der Waals surface area (Å²) in [6.45, 7) is 0. The van der Waals surface area contributed by atoms with Crippen molar-refractivity contribution in [2.75, 3.05) is 0 Å². The highest BCUT2D eigenvalue weighted by Crippen LogP contribution is 2.34. The van der Waals surface area contributed by atoms with E-state index in [2.05, 4.69) is 10.3 Å². The zero-order valence-electron chi connectivity index (χ0n) is 15.5. The lowest BCUT2D eigenvalue weighted by molar-refractivity contribution is -0.143. The van der Waals surface area contributed by atoms with Gasteiger partial charge in [0.1, 0.15) is 5.69 Å². The van der Waals surface area contributed by atoms with Gasteiger partial charge in [0, 0.05) is 0 Å². The molecule has 0 aliphatic rings. The predicted octanol–water partition coefficient (Wildman–Crippen LogP) is 3.70. The van der Waals surface area contributed by atoms with Gasteiger partial charge in [-0.1, -0.05) is 11.3 Å². The van der Waals surface area contributed by atoms with Crippen LogP contribution in [-0.2, 0) is 22.4 Å². The van der Waals surface area contributed by atoms with Crippen LogP contribution in [0.3, 0.4) is 0 Å². The van der Waals surface area contributed by atoms with Gasteiger partial charge in [0.2, 0.25) is 0 Å². The summed E-state index contributed by atoms with van der Waals surface area (Å²) in [6.07, 6.45) is -10.3. The van der Waals surface area contributed by atoms with Gasteiger partial charge in [-0.15, -0.1) is 5.10 Å². The van der Waals surface area contributed by atoms with E-state index in [1.165, 1.54) is 4.72 Å². The van der Waals surface area contributed by atoms with E-state index >= 15 is 0 Å². The van der Waals surface area contributed by atoms with Crippen LogP contribution >= 0.6 is 0 Å². The van der Waals surface area contributed by atoms with Crippen LogP contribution in [0.1, 0.15) is 21.7 Å². The Morgan fingerprint density at radius 1 is 0.879 bits per heavy atom. The van der Waals surface area contributed by atoms with Crippen molar-refractivity contribution in [3.63, 3.8) is 0 Å². The molecule has 0 fully saturated rings. The lowest BCUT2D eigenvalue weighted by Gasteiger charge is -2.12. The quantitative estimate of drug-likeness (QED) is 0.552. The summed E-state index contributed by atoms with van der Waals surface area (Å²) < 4.78 is 132. The van der Waals surface area contributed by atoms with Gasteiger partial charge in [-0.05, 0) is 36.4 Å². The zero-order valence-corrected chi connectivity index (χ0v) is 16.4. The van der Waals surface area contributed by atoms with Crippen molar-refractivity contribution in [2.45, 2.75) is 17.2 Å². The highest BCUT2D eigenvalue weighted by molar-refractivity contribution is 7.90. The first-order valence-electron chi connectivity index (χ1n) is 8.34. The van der Waals surface area contributed by atoms with Crippen LogP contribution in [0.2, 0.25) is 0 Å². The molecule has 0 spiro atoms. The van der Waals surface area contributed by atoms with E-state index in [-0.39, 0.29) is 4.68 Å². The predicted molar refractivity (Wildman–Crippen MR) is 92.4 cm³/mol. The Kier molecular flexibility index (Phi) is 5.91. The largest absolute Gasteiger partial charge is 0.435 e. The minimum atomic E-state index is -5.48. The third-order valence-corrected chi connectivity index (χ3v) is 5.37. The lowest BCUT2D eigenvalue weighted by Crippen LogP contribution is -2.32. The summed E-state index contributed by atoms with van der Waals surface area (Å²) in [7, 11) is -4.96. The number of amides is 1. The second-order valence-corrected chi connectivity index (χ2v) is 7.91. The Morgan fingerprint density at radius 3 is 1.91 bits per heavy atom. The number of rotatable bonds is 4. The number of alkyl halides is 6. The molecule has 0 saturated carbocycles. The number of benzene rings is 2. The second-order valence-electron chi connectivity index (χ2n) is 6.22. The molecule has 0 aliphatic carbocycles. The van der Waals surface area contributed by atoms with Crippen molar-refractivity contribution in [2.24, 2.45) is 0 Å². The van der Waals surface area contributed by atoms with Crippen LogP contribution in [0, 0.1) is 11.6 Å². The molecule has 1 aromatic heterocycles. The summed E-state index contributed by atoms with van der Waals surface area (Å²) in [4.78, 5) is 11.4. The maximum absolute atomic E-state index is 14.0.